The highest BCUT2D eigenvalue weighted by molar-refractivity contribution is 14.1. The van der Waals surface area contributed by atoms with Crippen molar-refractivity contribution in [3.63, 3.8) is 0 Å². The zero-order chi connectivity index (χ0) is 109. The van der Waals surface area contributed by atoms with E-state index in [1.165, 1.54) is 80.0 Å². The average molecular weight is 2360 g/mol. The molecule has 42 nitrogen and oxygen atoms in total. The summed E-state index contributed by atoms with van der Waals surface area (Å²) in [6.07, 6.45) is 3.16. The first-order chi connectivity index (χ1) is 70.4. The zero-order valence-corrected chi connectivity index (χ0v) is 88.4. The molecular formula is C96H88F4I2N20O22S5. The van der Waals surface area contributed by atoms with E-state index in [1.807, 2.05) is 12.1 Å². The van der Waals surface area contributed by atoms with Crippen LogP contribution >= 0.6 is 45.2 Å². The van der Waals surface area contributed by atoms with E-state index in [1.54, 1.807) is 135 Å². The molecule has 0 bridgehead atoms. The third-order valence-corrected chi connectivity index (χ3v) is 30.5. The number of benzene rings is 5. The van der Waals surface area contributed by atoms with Gasteiger partial charge in [-0.2, -0.15) is 53.3 Å². The van der Waals surface area contributed by atoms with Gasteiger partial charge in [0, 0.05) is 113 Å². The van der Waals surface area contributed by atoms with Crippen molar-refractivity contribution in [3.05, 3.63) is 230 Å². The summed E-state index contributed by atoms with van der Waals surface area (Å²) < 4.78 is 229. The molecule has 5 aromatic carbocycles. The van der Waals surface area contributed by atoms with E-state index in [0.29, 0.717) is 77.3 Å². The summed E-state index contributed by atoms with van der Waals surface area (Å²) in [5.41, 5.74) is 6.54. The van der Waals surface area contributed by atoms with Gasteiger partial charge >= 0.3 is 0 Å². The maximum atomic E-state index is 13.0. The van der Waals surface area contributed by atoms with Crippen LogP contribution < -0.4 is 73.9 Å². The average Bonchev–Trinajstić information content (AvgIpc) is 1.63. The third kappa shape index (κ3) is 27.0. The van der Waals surface area contributed by atoms with E-state index >= 15 is 0 Å². The zero-order valence-electron chi connectivity index (χ0n) is 80.0. The van der Waals surface area contributed by atoms with Gasteiger partial charge in [0.1, 0.15) is 69.6 Å². The smallest absolute Gasteiger partial charge is 0.276 e. The Morgan fingerprint density at radius 3 is 0.866 bits per heavy atom. The Bertz CT molecular complexity index is 7860. The van der Waals surface area contributed by atoms with E-state index < -0.39 is 141 Å². The van der Waals surface area contributed by atoms with Crippen molar-refractivity contribution in [2.75, 3.05) is 81.7 Å². The van der Waals surface area contributed by atoms with E-state index in [-0.39, 0.29) is 121 Å². The minimum atomic E-state index is -4.19. The number of ether oxygens (including phenoxy) is 6. The molecule has 0 unspecified atom stereocenters. The molecule has 0 radical (unpaired) electrons. The van der Waals surface area contributed by atoms with Crippen LogP contribution in [0, 0.1) is 127 Å². The number of anilines is 5. The maximum absolute atomic E-state index is 13.0. The first-order valence-electron chi connectivity index (χ1n) is 43.7. The van der Waals surface area contributed by atoms with Crippen molar-refractivity contribution < 1.29 is 117 Å². The van der Waals surface area contributed by atoms with Crippen LogP contribution in [0.1, 0.15) is 114 Å². The first-order valence-corrected chi connectivity index (χ1v) is 54.1. The largest absolute Gasteiger partial charge is 0.488 e. The molecule has 11 heterocycles. The summed E-state index contributed by atoms with van der Waals surface area (Å²) in [6.45, 7) is 8.17. The van der Waals surface area contributed by atoms with E-state index in [9.17, 15) is 94.0 Å². The molecule has 53 heteroatoms. The third-order valence-electron chi connectivity index (χ3n) is 22.4. The van der Waals surface area contributed by atoms with Crippen LogP contribution in [0.25, 0.3) is 0 Å². The van der Waals surface area contributed by atoms with Crippen molar-refractivity contribution in [2.24, 2.45) is 35.2 Å². The number of nitrogens with one attached hydrogen (secondary N) is 10. The molecule has 5 amide bonds. The molecule has 149 heavy (non-hydrogen) atoms. The summed E-state index contributed by atoms with van der Waals surface area (Å²) >= 11 is 4.14. The minimum absolute atomic E-state index is 0.0242. The minimum Gasteiger partial charge on any atom is -0.488 e. The van der Waals surface area contributed by atoms with Crippen molar-refractivity contribution in [1.29, 1.82) is 26.3 Å². The van der Waals surface area contributed by atoms with Crippen molar-refractivity contribution >= 4 is 153 Å². The summed E-state index contributed by atoms with van der Waals surface area (Å²) in [6, 6.07) is 29.9. The van der Waals surface area contributed by atoms with Gasteiger partial charge < -0.3 is 82.9 Å². The number of nitrogens with zero attached hydrogens (tertiary/aromatic N) is 10. The summed E-state index contributed by atoms with van der Waals surface area (Å²) in [7, 11) is -12.6. The number of rotatable bonds is 13. The summed E-state index contributed by atoms with van der Waals surface area (Å²) in [4.78, 5) is 63.3. The van der Waals surface area contributed by atoms with Crippen molar-refractivity contribution in [3.8, 4) is 94.6 Å². The quantitative estimate of drug-likeness (QED) is 0.0222. The number of amides is 5. The Kier molecular flexibility index (Phi) is 36.0. The number of halogens is 6. The standard InChI is InChI=1S/C22H22N4O6S.2C19H17IN4O4S.2C18H16F2N4O4S/c1-14-5-6-16(8-15(14)9-23)24-21(27)19-20-18(10-26(19)2)33(29,30)25-17(11-32-20)4-3-7-22(28)12-31-13-22;2*1-12-5-6-14(8-13(12)9-21)22-19(25)17-18-16(10-24(17)2)29(26,27)23-15(11-28-18)4-3-7-20;2*1-10-3-4-12(5-11(10)7-21)22-18(25)16-17-14(8-24(16)2)29(26,27)23-13(9-28-17)6-15(19)20/h5-6,8,10,17,25,28H,4,11-13H2,1-2H3,(H,24,27);2*5-6,8,10,15,23H,7,11H2,1-2H3,(H,22,25);2*3-6,8,13,23H,9H2,1-2H3,(H,22,25)/t17-;2*15-;2*13-/m01010/s1. The monoisotopic (exact) mass is 2360 g/mol. The van der Waals surface area contributed by atoms with Crippen LogP contribution in [0.2, 0.25) is 0 Å². The second kappa shape index (κ2) is 47.5. The molecule has 5 aromatic heterocycles. The predicted octanol–water partition coefficient (Wildman–Crippen LogP) is 9.08. The Balaban J connectivity index is 0.000000165. The van der Waals surface area contributed by atoms with Crippen LogP contribution in [0.5, 0.6) is 28.7 Å². The number of hydrogen-bond donors (Lipinski definition) is 11. The Morgan fingerprint density at radius 2 is 0.631 bits per heavy atom. The van der Waals surface area contributed by atoms with Crippen LogP contribution in [0.3, 0.4) is 0 Å². The highest BCUT2D eigenvalue weighted by Gasteiger charge is 2.42. The summed E-state index contributed by atoms with van der Waals surface area (Å²) in [5, 5.41) is 69.0. The van der Waals surface area contributed by atoms with E-state index in [0.717, 1.165) is 27.8 Å². The Hall–Kier alpha value is -14.9. The number of aryl methyl sites for hydroxylation is 10. The fourth-order valence-corrected chi connectivity index (χ4v) is 22.2. The molecule has 1 fully saturated rings. The van der Waals surface area contributed by atoms with Crippen LogP contribution in [-0.4, -0.2) is 190 Å². The molecule has 0 saturated carbocycles. The normalized spacial score (nSPS) is 17.8. The second-order valence-electron chi connectivity index (χ2n) is 33.4. The lowest BCUT2D eigenvalue weighted by molar-refractivity contribution is -0.140. The number of hydrogen-bond acceptors (Lipinski definition) is 27. The summed E-state index contributed by atoms with van der Waals surface area (Å²) in [5.74, 6) is 13.1. The maximum Gasteiger partial charge on any atom is 0.276 e. The number of sulfonamides is 5. The van der Waals surface area contributed by atoms with Gasteiger partial charge in [0.15, 0.2) is 62.8 Å². The van der Waals surface area contributed by atoms with Crippen LogP contribution in [0.15, 0.2) is 171 Å². The van der Waals surface area contributed by atoms with Gasteiger partial charge in [-0.05, 0) is 123 Å². The van der Waals surface area contributed by atoms with E-state index in [4.69, 9.17) is 49.5 Å². The fraction of sp³-hybridized carbons (Fsp3) is 0.271. The van der Waals surface area contributed by atoms with Gasteiger partial charge in [-0.1, -0.05) is 111 Å². The molecule has 6 aliphatic rings. The molecule has 1 saturated heterocycles. The Morgan fingerprint density at radius 1 is 0.389 bits per heavy atom. The lowest BCUT2D eigenvalue weighted by Gasteiger charge is -2.31. The lowest BCUT2D eigenvalue weighted by Crippen LogP contribution is -2.48. The first kappa shape index (κ1) is 113. The molecule has 10 aromatic rings. The number of carbonyl (C=O) groups excluding carboxylic acids is 5. The van der Waals surface area contributed by atoms with Crippen LogP contribution in [-0.2, 0) is 90.1 Å². The second-order valence-corrected chi connectivity index (χ2v) is 43.4. The van der Waals surface area contributed by atoms with Gasteiger partial charge in [-0.25, -0.2) is 56.3 Å². The predicted molar refractivity (Wildman–Crippen MR) is 546 cm³/mol. The molecule has 6 aliphatic heterocycles. The number of nitriles is 5. The molecule has 0 spiro atoms. The topological polar surface area (TPSA) is 596 Å². The number of aliphatic hydroxyl groups is 1. The molecular weight excluding hydrogens is 2280 g/mol. The highest BCUT2D eigenvalue weighted by atomic mass is 127. The number of aromatic nitrogens is 5. The molecule has 776 valence electrons. The fourth-order valence-electron chi connectivity index (χ4n) is 15.0. The highest BCUT2D eigenvalue weighted by Crippen LogP contribution is 2.40. The van der Waals surface area contributed by atoms with Crippen LogP contribution in [0.4, 0.5) is 46.0 Å². The number of carbonyl (C=O) groups is 5. The van der Waals surface area contributed by atoms with Crippen molar-refractivity contribution in [2.45, 2.75) is 101 Å². The molecule has 11 N–H and O–H groups in total. The molecule has 5 atom stereocenters. The van der Waals surface area contributed by atoms with Gasteiger partial charge in [0.25, 0.3) is 41.7 Å². The van der Waals surface area contributed by atoms with Gasteiger partial charge in [0.05, 0.1) is 98.4 Å². The number of fused-ring (bicyclic) bond motifs is 5. The molecule has 16 rings (SSSR count). The van der Waals surface area contributed by atoms with Gasteiger partial charge in [-0.15, -0.1) is 0 Å². The SMILES string of the molecule is Cc1ccc(NC(=O)c2c3c(cn2C)S(=O)(=O)N[C@@H](C#CCI)CO3)cc1C#N.Cc1ccc(NC(=O)c2c3c(cn2C)S(=O)(=O)N[C@@H](C=C(F)F)CO3)cc1C#N.Cc1ccc(NC(=O)c2c3c(cn2C)S(=O)(=O)N[C@@H](CC#CC2(O)COC2)CO3)cc1C#N.Cc1ccc(NC(=O)c2c3c(cn2C)S(=O)(=O)N[C@H](C#CCI)CO3)cc1C#N.Cc1ccc(NC(=O)c2c3c(cn2C)S(=O)(=O)N[C@H](C=C(F)F)CO3)cc1C#N. The Labute approximate surface area is 879 Å². The lowest BCUT2D eigenvalue weighted by atomic mass is 10.0. The van der Waals surface area contributed by atoms with Crippen molar-refractivity contribution in [1.82, 2.24) is 46.4 Å². The van der Waals surface area contributed by atoms with E-state index in [2.05, 4.69) is 149 Å². The van der Waals surface area contributed by atoms with Gasteiger partial charge in [0.2, 0.25) is 50.1 Å². The molecule has 0 aliphatic carbocycles. The van der Waals surface area contributed by atoms with Gasteiger partial charge in [-0.3, -0.25) is 24.0 Å². The number of alkyl halides is 2.